The van der Waals surface area contributed by atoms with Crippen molar-refractivity contribution >= 4 is 28.0 Å². The third-order valence-corrected chi connectivity index (χ3v) is 3.42. The quantitative estimate of drug-likeness (QED) is 0.524. The summed E-state index contributed by atoms with van der Waals surface area (Å²) in [4.78, 5) is 23.7. The smallest absolute Gasteiger partial charge is 0.422 e. The number of halogens is 1. The number of aliphatic hydroxyl groups is 1. The van der Waals surface area contributed by atoms with Crippen molar-refractivity contribution in [2.45, 2.75) is 45.9 Å². The van der Waals surface area contributed by atoms with Gasteiger partial charge in [0.25, 0.3) is 0 Å². The summed E-state index contributed by atoms with van der Waals surface area (Å²) in [6, 6.07) is 7.46. The molecule has 0 saturated heterocycles. The van der Waals surface area contributed by atoms with E-state index in [2.05, 4.69) is 21.4 Å². The summed E-state index contributed by atoms with van der Waals surface area (Å²) in [5.74, 6) is -0.741. The third-order valence-electron chi connectivity index (χ3n) is 2.89. The summed E-state index contributed by atoms with van der Waals surface area (Å²) in [5.41, 5.74) is 2.78. The molecule has 2 N–H and O–H groups in total. The summed E-state index contributed by atoms with van der Waals surface area (Å²) >= 11 is 3.36. The number of carbonyl (C=O) groups excluding carboxylic acids is 2. The van der Waals surface area contributed by atoms with E-state index in [0.717, 1.165) is 10.0 Å². The number of nitrogens with zero attached hydrogens (tertiary/aromatic N) is 1. The number of esters is 1. The fourth-order valence-corrected chi connectivity index (χ4v) is 2.18. The first-order chi connectivity index (χ1) is 11.6. The zero-order chi connectivity index (χ0) is 19.0. The van der Waals surface area contributed by atoms with Crippen LogP contribution in [0, 0.1) is 0 Å². The second-order valence-corrected chi connectivity index (χ2v) is 7.30. The second-order valence-electron chi connectivity index (χ2n) is 6.39. The molecule has 140 valence electrons. The van der Waals surface area contributed by atoms with Gasteiger partial charge in [-0.25, -0.2) is 14.6 Å². The van der Waals surface area contributed by atoms with E-state index in [0.29, 0.717) is 0 Å². The lowest BCUT2D eigenvalue weighted by Crippen LogP contribution is -2.49. The topological polar surface area (TPSA) is 88.1 Å². The van der Waals surface area contributed by atoms with Crippen molar-refractivity contribution in [3.8, 4) is 0 Å². The lowest BCUT2D eigenvalue weighted by atomic mass is 10.2. The van der Waals surface area contributed by atoms with Gasteiger partial charge in [-0.2, -0.15) is 0 Å². The number of nitrogens with one attached hydrogen (secondary N) is 1. The number of hydrogen-bond acceptors (Lipinski definition) is 6. The summed E-state index contributed by atoms with van der Waals surface area (Å²) < 4.78 is 10.9. The van der Waals surface area contributed by atoms with E-state index < -0.39 is 23.8 Å². The molecule has 0 fully saturated rings. The van der Waals surface area contributed by atoms with Gasteiger partial charge in [-0.15, -0.1) is 0 Å². The van der Waals surface area contributed by atoms with Gasteiger partial charge in [0, 0.05) is 11.0 Å². The summed E-state index contributed by atoms with van der Waals surface area (Å²) in [6.07, 6.45) is -2.05. The number of hydrogen-bond donors (Lipinski definition) is 2. The maximum absolute atomic E-state index is 12.0. The van der Waals surface area contributed by atoms with Crippen molar-refractivity contribution in [1.29, 1.82) is 0 Å². The maximum atomic E-state index is 12.0. The molecule has 25 heavy (non-hydrogen) atoms. The lowest BCUT2D eigenvalue weighted by Gasteiger charge is -2.27. The molecule has 0 aliphatic carbocycles. The van der Waals surface area contributed by atoms with Crippen LogP contribution in [-0.4, -0.2) is 47.0 Å². The van der Waals surface area contributed by atoms with Gasteiger partial charge >= 0.3 is 12.1 Å². The van der Waals surface area contributed by atoms with Crippen molar-refractivity contribution in [3.63, 3.8) is 0 Å². The minimum absolute atomic E-state index is 0.131. The highest BCUT2D eigenvalue weighted by molar-refractivity contribution is 9.10. The summed E-state index contributed by atoms with van der Waals surface area (Å²) in [7, 11) is 0. The van der Waals surface area contributed by atoms with Gasteiger partial charge in [0.1, 0.15) is 5.60 Å². The Hall–Kier alpha value is -1.64. The lowest BCUT2D eigenvalue weighted by molar-refractivity contribution is -0.154. The number of carbonyl (C=O) groups is 2. The minimum atomic E-state index is -1.38. The number of amides is 1. The Balaban J connectivity index is 2.79. The molecular weight excluding hydrogens is 392 g/mol. The molecule has 0 bridgehead atoms. The first-order valence-corrected chi connectivity index (χ1v) is 8.73. The van der Waals surface area contributed by atoms with Crippen LogP contribution in [0.2, 0.25) is 0 Å². The first-order valence-electron chi connectivity index (χ1n) is 7.94. The molecule has 0 heterocycles. The highest BCUT2D eigenvalue weighted by Gasteiger charge is 2.24. The van der Waals surface area contributed by atoms with Crippen molar-refractivity contribution in [1.82, 2.24) is 10.4 Å². The van der Waals surface area contributed by atoms with E-state index in [-0.39, 0.29) is 19.7 Å². The average Bonchev–Trinajstić information content (AvgIpc) is 2.47. The number of hydrazine groups is 1. The monoisotopic (exact) mass is 416 g/mol. The summed E-state index contributed by atoms with van der Waals surface area (Å²) in [6.45, 7) is 7.22. The molecule has 1 atom stereocenters. The van der Waals surface area contributed by atoms with Gasteiger partial charge in [-0.1, -0.05) is 28.1 Å². The zero-order valence-electron chi connectivity index (χ0n) is 14.9. The number of aliphatic hydroxyl groups excluding tert-OH is 1. The second kappa shape index (κ2) is 9.74. The highest BCUT2D eigenvalue weighted by Crippen LogP contribution is 2.13. The van der Waals surface area contributed by atoms with Crippen molar-refractivity contribution < 1.29 is 24.2 Å². The number of ether oxygens (including phenoxy) is 2. The van der Waals surface area contributed by atoms with Crippen LogP contribution >= 0.6 is 15.9 Å². The van der Waals surface area contributed by atoms with Crippen LogP contribution in [-0.2, 0) is 20.8 Å². The van der Waals surface area contributed by atoms with Gasteiger partial charge in [0.2, 0.25) is 0 Å². The van der Waals surface area contributed by atoms with Crippen LogP contribution in [0.15, 0.2) is 28.7 Å². The SMILES string of the molecule is CCOC(=O)C(O)CN(Cc1ccc(Br)cc1)NC(=O)OC(C)(C)C. The van der Waals surface area contributed by atoms with Crippen LogP contribution in [0.4, 0.5) is 4.79 Å². The Kier molecular flexibility index (Phi) is 8.34. The molecule has 0 saturated carbocycles. The Morgan fingerprint density at radius 1 is 1.28 bits per heavy atom. The van der Waals surface area contributed by atoms with Crippen LogP contribution in [0.1, 0.15) is 33.3 Å². The van der Waals surface area contributed by atoms with Gasteiger partial charge < -0.3 is 14.6 Å². The molecule has 8 heteroatoms. The van der Waals surface area contributed by atoms with Gasteiger partial charge in [-0.05, 0) is 45.4 Å². The Morgan fingerprint density at radius 2 is 1.88 bits per heavy atom. The van der Waals surface area contributed by atoms with E-state index in [1.807, 2.05) is 24.3 Å². The number of rotatable bonds is 7. The van der Waals surface area contributed by atoms with Crippen molar-refractivity contribution in [3.05, 3.63) is 34.3 Å². The Morgan fingerprint density at radius 3 is 2.40 bits per heavy atom. The molecule has 7 nitrogen and oxygen atoms in total. The Labute approximate surface area is 156 Å². The molecule has 0 aliphatic heterocycles. The molecule has 0 aliphatic rings. The zero-order valence-corrected chi connectivity index (χ0v) is 16.5. The molecule has 1 aromatic rings. The molecule has 0 spiro atoms. The van der Waals surface area contributed by atoms with E-state index in [1.165, 1.54) is 5.01 Å². The van der Waals surface area contributed by atoms with Crippen LogP contribution in [0.3, 0.4) is 0 Å². The van der Waals surface area contributed by atoms with Gasteiger partial charge in [0.05, 0.1) is 13.2 Å². The molecule has 0 radical (unpaired) electrons. The predicted octanol–water partition coefficient (Wildman–Crippen LogP) is 2.61. The van der Waals surface area contributed by atoms with Crippen molar-refractivity contribution in [2.24, 2.45) is 0 Å². The normalized spacial score (nSPS) is 12.6. The van der Waals surface area contributed by atoms with Gasteiger partial charge in [0.15, 0.2) is 6.10 Å². The van der Waals surface area contributed by atoms with E-state index in [4.69, 9.17) is 9.47 Å². The van der Waals surface area contributed by atoms with Crippen LogP contribution < -0.4 is 5.43 Å². The van der Waals surface area contributed by atoms with E-state index >= 15 is 0 Å². The first kappa shape index (κ1) is 21.4. The predicted molar refractivity (Wildman–Crippen MR) is 96.6 cm³/mol. The summed E-state index contributed by atoms with van der Waals surface area (Å²) in [5, 5.41) is 11.4. The molecular formula is C17H25BrN2O5. The van der Waals surface area contributed by atoms with Gasteiger partial charge in [-0.3, -0.25) is 5.43 Å². The van der Waals surface area contributed by atoms with E-state index in [1.54, 1.807) is 27.7 Å². The Bertz CT molecular complexity index is 571. The van der Waals surface area contributed by atoms with E-state index in [9.17, 15) is 14.7 Å². The fourth-order valence-electron chi connectivity index (χ4n) is 1.91. The maximum Gasteiger partial charge on any atom is 0.422 e. The molecule has 1 unspecified atom stereocenters. The largest absolute Gasteiger partial charge is 0.464 e. The molecule has 1 aromatic carbocycles. The molecule has 0 aromatic heterocycles. The minimum Gasteiger partial charge on any atom is -0.464 e. The van der Waals surface area contributed by atoms with Crippen LogP contribution in [0.5, 0.6) is 0 Å². The number of benzene rings is 1. The fraction of sp³-hybridized carbons (Fsp3) is 0.529. The molecule has 1 amide bonds. The van der Waals surface area contributed by atoms with Crippen LogP contribution in [0.25, 0.3) is 0 Å². The molecule has 1 rings (SSSR count). The standard InChI is InChI=1S/C17H25BrN2O5/c1-5-24-15(22)14(21)11-20(19-16(23)25-17(2,3)4)10-12-6-8-13(18)9-7-12/h6-9,14,21H,5,10-11H2,1-4H3,(H,19,23). The van der Waals surface area contributed by atoms with Crippen molar-refractivity contribution in [2.75, 3.05) is 13.2 Å². The highest BCUT2D eigenvalue weighted by atomic mass is 79.9. The third kappa shape index (κ3) is 8.85. The average molecular weight is 417 g/mol.